The molecule has 108 valence electrons. The van der Waals surface area contributed by atoms with Crippen molar-refractivity contribution in [2.45, 2.75) is 0 Å². The lowest BCUT2D eigenvalue weighted by molar-refractivity contribution is 0.112. The van der Waals surface area contributed by atoms with Gasteiger partial charge in [-0.1, -0.05) is 24.3 Å². The van der Waals surface area contributed by atoms with Crippen molar-refractivity contribution in [3.05, 3.63) is 78.0 Å². The van der Waals surface area contributed by atoms with E-state index in [0.717, 1.165) is 0 Å². The van der Waals surface area contributed by atoms with Crippen molar-refractivity contribution >= 4 is 6.29 Å². The fourth-order valence-electron chi connectivity index (χ4n) is 2.27. The molecule has 1 heterocycles. The van der Waals surface area contributed by atoms with Gasteiger partial charge in [0.05, 0.1) is 5.69 Å². The summed E-state index contributed by atoms with van der Waals surface area (Å²) >= 11 is 0. The normalized spacial score (nSPS) is 10.5. The van der Waals surface area contributed by atoms with Crippen molar-refractivity contribution in [1.82, 2.24) is 4.98 Å². The van der Waals surface area contributed by atoms with Crippen LogP contribution in [0.25, 0.3) is 22.4 Å². The number of halogens is 2. The van der Waals surface area contributed by atoms with Crippen LogP contribution in [0.5, 0.6) is 0 Å². The number of hydrogen-bond donors (Lipinski definition) is 0. The summed E-state index contributed by atoms with van der Waals surface area (Å²) < 4.78 is 26.6. The molecule has 0 saturated heterocycles. The number of pyridine rings is 1. The van der Waals surface area contributed by atoms with Crippen molar-refractivity contribution < 1.29 is 13.6 Å². The monoisotopic (exact) mass is 295 g/mol. The van der Waals surface area contributed by atoms with Gasteiger partial charge in [-0.3, -0.25) is 9.78 Å². The van der Waals surface area contributed by atoms with Crippen molar-refractivity contribution in [3.8, 4) is 22.4 Å². The number of carbonyl (C=O) groups is 1. The minimum atomic E-state index is -0.398. The second-order valence-electron chi connectivity index (χ2n) is 4.80. The second kappa shape index (κ2) is 5.85. The van der Waals surface area contributed by atoms with E-state index in [0.29, 0.717) is 34.2 Å². The number of nitrogens with zero attached hydrogens (tertiary/aromatic N) is 1. The van der Waals surface area contributed by atoms with Gasteiger partial charge < -0.3 is 0 Å². The highest BCUT2D eigenvalue weighted by Crippen LogP contribution is 2.26. The van der Waals surface area contributed by atoms with E-state index in [1.807, 2.05) is 0 Å². The van der Waals surface area contributed by atoms with Crippen LogP contribution in [0.4, 0.5) is 8.78 Å². The van der Waals surface area contributed by atoms with Crippen molar-refractivity contribution in [3.63, 3.8) is 0 Å². The topological polar surface area (TPSA) is 30.0 Å². The fourth-order valence-corrected chi connectivity index (χ4v) is 2.27. The summed E-state index contributed by atoms with van der Waals surface area (Å²) in [4.78, 5) is 15.6. The molecule has 0 aliphatic carbocycles. The average Bonchev–Trinajstić information content (AvgIpc) is 2.54. The highest BCUT2D eigenvalue weighted by Gasteiger charge is 2.10. The first kappa shape index (κ1) is 14.1. The van der Waals surface area contributed by atoms with E-state index in [2.05, 4.69) is 4.98 Å². The Morgan fingerprint density at radius 1 is 0.818 bits per heavy atom. The molecule has 0 atom stereocenters. The summed E-state index contributed by atoms with van der Waals surface area (Å²) in [5, 5.41) is 0. The number of aldehydes is 1. The Kier molecular flexibility index (Phi) is 3.74. The molecule has 3 aromatic rings. The van der Waals surface area contributed by atoms with Crippen molar-refractivity contribution in [2.75, 3.05) is 0 Å². The van der Waals surface area contributed by atoms with E-state index in [9.17, 15) is 13.6 Å². The summed E-state index contributed by atoms with van der Waals surface area (Å²) in [5.74, 6) is -0.760. The molecule has 0 spiro atoms. The third kappa shape index (κ3) is 2.76. The van der Waals surface area contributed by atoms with E-state index in [-0.39, 0.29) is 5.82 Å². The molecule has 2 nitrogen and oxygen atoms in total. The van der Waals surface area contributed by atoms with Gasteiger partial charge in [0.1, 0.15) is 11.6 Å². The summed E-state index contributed by atoms with van der Waals surface area (Å²) in [6.45, 7) is 0. The molecule has 0 aliphatic heterocycles. The van der Waals surface area contributed by atoms with Gasteiger partial charge >= 0.3 is 0 Å². The maximum atomic E-state index is 13.3. The third-order valence-corrected chi connectivity index (χ3v) is 3.30. The molecule has 2 aromatic carbocycles. The van der Waals surface area contributed by atoms with Gasteiger partial charge in [0, 0.05) is 22.9 Å². The van der Waals surface area contributed by atoms with Gasteiger partial charge in [0.15, 0.2) is 6.29 Å². The smallest absolute Gasteiger partial charge is 0.152 e. The molecule has 22 heavy (non-hydrogen) atoms. The van der Waals surface area contributed by atoms with Gasteiger partial charge in [-0.15, -0.1) is 0 Å². The quantitative estimate of drug-likeness (QED) is 0.666. The van der Waals surface area contributed by atoms with Gasteiger partial charge in [-0.2, -0.15) is 0 Å². The number of aromatic nitrogens is 1. The third-order valence-electron chi connectivity index (χ3n) is 3.30. The van der Waals surface area contributed by atoms with Gasteiger partial charge in [0.25, 0.3) is 0 Å². The highest BCUT2D eigenvalue weighted by molar-refractivity contribution is 5.87. The Labute approximate surface area is 126 Å². The van der Waals surface area contributed by atoms with Gasteiger partial charge in [-0.25, -0.2) is 8.78 Å². The lowest BCUT2D eigenvalue weighted by Crippen LogP contribution is -1.94. The number of rotatable bonds is 3. The predicted molar refractivity (Wildman–Crippen MR) is 80.4 cm³/mol. The maximum Gasteiger partial charge on any atom is 0.152 e. The summed E-state index contributed by atoms with van der Waals surface area (Å²) in [6, 6.07) is 13.5. The Morgan fingerprint density at radius 3 is 2.09 bits per heavy atom. The van der Waals surface area contributed by atoms with E-state index in [4.69, 9.17) is 0 Å². The van der Waals surface area contributed by atoms with Crippen LogP contribution in [0.2, 0.25) is 0 Å². The standard InChI is InChI=1S/C18H11F2NO/c19-16-5-1-3-12(8-16)14-7-15(11-22)18(21-10-14)13-4-2-6-17(20)9-13/h1-11H. The lowest BCUT2D eigenvalue weighted by Gasteiger charge is -2.08. The largest absolute Gasteiger partial charge is 0.298 e. The van der Waals surface area contributed by atoms with Crippen LogP contribution in [0, 0.1) is 11.6 Å². The minimum absolute atomic E-state index is 0.326. The van der Waals surface area contributed by atoms with Crippen LogP contribution in [-0.4, -0.2) is 11.3 Å². The van der Waals surface area contributed by atoms with E-state index < -0.39 is 5.82 Å². The average molecular weight is 295 g/mol. The number of carbonyl (C=O) groups excluding carboxylic acids is 1. The zero-order valence-electron chi connectivity index (χ0n) is 11.5. The van der Waals surface area contributed by atoms with Crippen LogP contribution < -0.4 is 0 Å². The Balaban J connectivity index is 2.10. The molecule has 0 amide bonds. The van der Waals surface area contributed by atoms with E-state index in [1.165, 1.54) is 24.3 Å². The van der Waals surface area contributed by atoms with Crippen LogP contribution in [0.3, 0.4) is 0 Å². The van der Waals surface area contributed by atoms with E-state index in [1.54, 1.807) is 36.5 Å². The Hall–Kier alpha value is -2.88. The lowest BCUT2D eigenvalue weighted by atomic mass is 10.0. The van der Waals surface area contributed by atoms with Crippen molar-refractivity contribution in [1.29, 1.82) is 0 Å². The van der Waals surface area contributed by atoms with Crippen LogP contribution >= 0.6 is 0 Å². The molecule has 3 rings (SSSR count). The molecule has 0 N–H and O–H groups in total. The van der Waals surface area contributed by atoms with Crippen LogP contribution in [0.15, 0.2) is 60.8 Å². The molecule has 0 fully saturated rings. The minimum Gasteiger partial charge on any atom is -0.298 e. The Morgan fingerprint density at radius 2 is 1.45 bits per heavy atom. The van der Waals surface area contributed by atoms with Gasteiger partial charge in [0.2, 0.25) is 0 Å². The SMILES string of the molecule is O=Cc1cc(-c2cccc(F)c2)cnc1-c1cccc(F)c1. The highest BCUT2D eigenvalue weighted by atomic mass is 19.1. The zero-order chi connectivity index (χ0) is 15.5. The number of hydrogen-bond acceptors (Lipinski definition) is 2. The summed E-state index contributed by atoms with van der Waals surface area (Å²) in [5.41, 5.74) is 2.50. The second-order valence-corrected chi connectivity index (χ2v) is 4.80. The predicted octanol–water partition coefficient (Wildman–Crippen LogP) is 4.51. The molecule has 4 heteroatoms. The summed E-state index contributed by atoms with van der Waals surface area (Å²) in [6.07, 6.45) is 2.21. The van der Waals surface area contributed by atoms with Crippen LogP contribution in [0.1, 0.15) is 10.4 Å². The first-order valence-corrected chi connectivity index (χ1v) is 6.64. The van der Waals surface area contributed by atoms with Crippen molar-refractivity contribution in [2.24, 2.45) is 0 Å². The number of benzene rings is 2. The molecular formula is C18H11F2NO. The van der Waals surface area contributed by atoms with Crippen LogP contribution in [-0.2, 0) is 0 Å². The maximum absolute atomic E-state index is 13.3. The molecular weight excluding hydrogens is 284 g/mol. The van der Waals surface area contributed by atoms with E-state index >= 15 is 0 Å². The molecule has 0 unspecified atom stereocenters. The van der Waals surface area contributed by atoms with Gasteiger partial charge in [-0.05, 0) is 35.9 Å². The fraction of sp³-hybridized carbons (Fsp3) is 0. The molecule has 0 saturated carbocycles. The molecule has 1 aromatic heterocycles. The first-order chi connectivity index (χ1) is 10.7. The molecule has 0 bridgehead atoms. The summed E-state index contributed by atoms with van der Waals surface area (Å²) in [7, 11) is 0. The molecule has 0 aliphatic rings. The Bertz CT molecular complexity index is 846. The zero-order valence-corrected chi connectivity index (χ0v) is 11.5. The first-order valence-electron chi connectivity index (χ1n) is 6.64. The molecule has 0 radical (unpaired) electrons.